The summed E-state index contributed by atoms with van der Waals surface area (Å²) < 4.78 is 5.14. The highest BCUT2D eigenvalue weighted by molar-refractivity contribution is 6.07. The summed E-state index contributed by atoms with van der Waals surface area (Å²) in [6, 6.07) is 10.5. The zero-order valence-electron chi connectivity index (χ0n) is 17.2. The molecule has 0 saturated carbocycles. The predicted molar refractivity (Wildman–Crippen MR) is 110 cm³/mol. The molecule has 2 saturated heterocycles. The first-order valence-corrected chi connectivity index (χ1v) is 10.2. The molecule has 0 unspecified atom stereocenters. The van der Waals surface area contributed by atoms with E-state index in [1.54, 1.807) is 28.9 Å². The molecule has 0 bridgehead atoms. The van der Waals surface area contributed by atoms with E-state index in [4.69, 9.17) is 4.42 Å². The van der Waals surface area contributed by atoms with Crippen molar-refractivity contribution in [3.05, 3.63) is 60.1 Å². The van der Waals surface area contributed by atoms with Crippen LogP contribution in [0.1, 0.15) is 23.0 Å². The van der Waals surface area contributed by atoms with E-state index in [2.05, 4.69) is 5.32 Å². The van der Waals surface area contributed by atoms with Gasteiger partial charge in [0.25, 0.3) is 11.8 Å². The van der Waals surface area contributed by atoms with E-state index >= 15 is 0 Å². The summed E-state index contributed by atoms with van der Waals surface area (Å²) >= 11 is 0. The summed E-state index contributed by atoms with van der Waals surface area (Å²) in [4.78, 5) is 54.8. The maximum absolute atomic E-state index is 13.0. The van der Waals surface area contributed by atoms with Crippen molar-refractivity contribution in [2.24, 2.45) is 0 Å². The zero-order valence-corrected chi connectivity index (χ0v) is 17.2. The fourth-order valence-electron chi connectivity index (χ4n) is 3.96. The summed E-state index contributed by atoms with van der Waals surface area (Å²) in [5, 5.41) is 2.68. The largest absolute Gasteiger partial charge is 0.459 e. The van der Waals surface area contributed by atoms with Crippen LogP contribution in [-0.2, 0) is 16.0 Å². The number of benzene rings is 1. The summed E-state index contributed by atoms with van der Waals surface area (Å²) in [5.41, 5.74) is 0.930. The Morgan fingerprint density at radius 3 is 2.35 bits per heavy atom. The second kappa shape index (κ2) is 8.63. The molecule has 1 aromatic carbocycles. The smallest absolute Gasteiger partial charge is 0.325 e. The fourth-order valence-corrected chi connectivity index (χ4v) is 3.96. The topological polar surface area (TPSA) is 103 Å². The van der Waals surface area contributed by atoms with Crippen molar-refractivity contribution in [1.29, 1.82) is 0 Å². The number of furan rings is 1. The van der Waals surface area contributed by atoms with Gasteiger partial charge in [-0.25, -0.2) is 4.79 Å². The Morgan fingerprint density at radius 2 is 1.71 bits per heavy atom. The molecule has 31 heavy (non-hydrogen) atoms. The third kappa shape index (κ3) is 4.16. The van der Waals surface area contributed by atoms with Gasteiger partial charge in [0.1, 0.15) is 12.1 Å². The molecular formula is C22H24N4O5. The van der Waals surface area contributed by atoms with Crippen molar-refractivity contribution in [2.75, 3.05) is 26.2 Å². The molecule has 4 rings (SSSR count). The van der Waals surface area contributed by atoms with Gasteiger partial charge in [0.15, 0.2) is 5.76 Å². The standard InChI is InChI=1S/C22H24N4O5/c1-15(26-20(28)17(23-22(26)30)14-16-6-3-2-4-7-16)19(27)24-9-11-25(12-10-24)21(29)18-8-5-13-31-18/h2-8,13,15,17H,9-12,14H2,1H3,(H,23,30)/t15-,17-/m0/s1. The van der Waals surface area contributed by atoms with Crippen LogP contribution in [0.5, 0.6) is 0 Å². The van der Waals surface area contributed by atoms with Crippen LogP contribution in [0.2, 0.25) is 0 Å². The predicted octanol–water partition coefficient (Wildman–Crippen LogP) is 1.12. The highest BCUT2D eigenvalue weighted by atomic mass is 16.3. The Bertz CT molecular complexity index is 967. The average Bonchev–Trinajstić information content (AvgIpc) is 3.42. The number of carbonyl (C=O) groups excluding carboxylic acids is 4. The lowest BCUT2D eigenvalue weighted by Gasteiger charge is -2.36. The molecule has 2 aliphatic rings. The lowest BCUT2D eigenvalue weighted by atomic mass is 10.1. The quantitative estimate of drug-likeness (QED) is 0.725. The molecule has 5 amide bonds. The van der Waals surface area contributed by atoms with Gasteiger partial charge in [-0.3, -0.25) is 19.3 Å². The number of carbonyl (C=O) groups is 4. The molecule has 2 aliphatic heterocycles. The maximum atomic E-state index is 13.0. The number of hydrogen-bond donors (Lipinski definition) is 1. The van der Waals surface area contributed by atoms with Gasteiger partial charge in [-0.1, -0.05) is 30.3 Å². The Balaban J connectivity index is 1.35. The van der Waals surface area contributed by atoms with E-state index in [0.717, 1.165) is 10.5 Å². The number of hydrogen-bond acceptors (Lipinski definition) is 5. The van der Waals surface area contributed by atoms with Gasteiger partial charge in [0, 0.05) is 32.6 Å². The third-order valence-corrected chi connectivity index (χ3v) is 5.69. The third-order valence-electron chi connectivity index (χ3n) is 5.69. The highest BCUT2D eigenvalue weighted by Crippen LogP contribution is 2.18. The van der Waals surface area contributed by atoms with E-state index in [9.17, 15) is 19.2 Å². The molecule has 1 N–H and O–H groups in total. The van der Waals surface area contributed by atoms with E-state index in [1.165, 1.54) is 6.26 Å². The van der Waals surface area contributed by atoms with Crippen LogP contribution in [0, 0.1) is 0 Å². The van der Waals surface area contributed by atoms with E-state index < -0.39 is 24.0 Å². The molecule has 3 heterocycles. The number of imide groups is 1. The number of nitrogens with zero attached hydrogens (tertiary/aromatic N) is 3. The minimum Gasteiger partial charge on any atom is -0.459 e. The summed E-state index contributed by atoms with van der Waals surface area (Å²) in [6.45, 7) is 2.92. The minimum absolute atomic E-state index is 0.219. The van der Waals surface area contributed by atoms with Gasteiger partial charge < -0.3 is 19.5 Å². The van der Waals surface area contributed by atoms with Gasteiger partial charge >= 0.3 is 6.03 Å². The van der Waals surface area contributed by atoms with E-state index in [-0.39, 0.29) is 17.6 Å². The van der Waals surface area contributed by atoms with Gasteiger partial charge in [-0.15, -0.1) is 0 Å². The van der Waals surface area contributed by atoms with Gasteiger partial charge in [-0.2, -0.15) is 0 Å². The molecule has 0 aliphatic carbocycles. The van der Waals surface area contributed by atoms with Crippen molar-refractivity contribution in [3.8, 4) is 0 Å². The van der Waals surface area contributed by atoms with Crippen LogP contribution < -0.4 is 5.32 Å². The molecule has 9 nitrogen and oxygen atoms in total. The Morgan fingerprint density at radius 1 is 1.03 bits per heavy atom. The van der Waals surface area contributed by atoms with Crippen LogP contribution >= 0.6 is 0 Å². The molecule has 0 spiro atoms. The summed E-state index contributed by atoms with van der Waals surface area (Å²) in [7, 11) is 0. The average molecular weight is 424 g/mol. The lowest BCUT2D eigenvalue weighted by molar-refractivity contribution is -0.142. The minimum atomic E-state index is -0.916. The molecule has 9 heteroatoms. The van der Waals surface area contributed by atoms with Gasteiger partial charge in [-0.05, 0) is 24.6 Å². The Labute approximate surface area is 179 Å². The van der Waals surface area contributed by atoms with Gasteiger partial charge in [0.2, 0.25) is 5.91 Å². The van der Waals surface area contributed by atoms with Crippen molar-refractivity contribution >= 4 is 23.8 Å². The van der Waals surface area contributed by atoms with Crippen LogP contribution in [0.4, 0.5) is 4.79 Å². The SMILES string of the molecule is C[C@@H](C(=O)N1CCN(C(=O)c2ccco2)CC1)N1C(=O)N[C@@H](Cc2ccccc2)C1=O. The van der Waals surface area contributed by atoms with Gasteiger partial charge in [0.05, 0.1) is 6.26 Å². The number of rotatable bonds is 5. The highest BCUT2D eigenvalue weighted by Gasteiger charge is 2.44. The van der Waals surface area contributed by atoms with E-state index in [0.29, 0.717) is 32.6 Å². The zero-order chi connectivity index (χ0) is 22.0. The van der Waals surface area contributed by atoms with Crippen molar-refractivity contribution in [2.45, 2.75) is 25.4 Å². The van der Waals surface area contributed by atoms with Crippen molar-refractivity contribution in [3.63, 3.8) is 0 Å². The van der Waals surface area contributed by atoms with Crippen LogP contribution in [0.25, 0.3) is 0 Å². The first kappa shape index (κ1) is 20.6. The normalized spacial score (nSPS) is 20.0. The summed E-state index contributed by atoms with van der Waals surface area (Å²) in [6.07, 6.45) is 1.81. The molecule has 2 fully saturated rings. The molecular weight excluding hydrogens is 400 g/mol. The molecule has 1 aromatic heterocycles. The van der Waals surface area contributed by atoms with Crippen LogP contribution in [0.3, 0.4) is 0 Å². The molecule has 162 valence electrons. The maximum Gasteiger partial charge on any atom is 0.325 e. The first-order valence-electron chi connectivity index (χ1n) is 10.2. The van der Waals surface area contributed by atoms with E-state index in [1.807, 2.05) is 30.3 Å². The molecule has 2 aromatic rings. The second-order valence-corrected chi connectivity index (χ2v) is 7.67. The molecule has 2 atom stereocenters. The lowest BCUT2D eigenvalue weighted by Crippen LogP contribution is -2.56. The first-order chi connectivity index (χ1) is 15.0. The van der Waals surface area contributed by atoms with Crippen molar-refractivity contribution in [1.82, 2.24) is 20.0 Å². The monoisotopic (exact) mass is 424 g/mol. The van der Waals surface area contributed by atoms with Crippen LogP contribution in [0.15, 0.2) is 53.1 Å². The number of amides is 5. The number of urea groups is 1. The fraction of sp³-hybridized carbons (Fsp3) is 0.364. The number of nitrogens with one attached hydrogen (secondary N) is 1. The second-order valence-electron chi connectivity index (χ2n) is 7.67. The number of piperazine rings is 1. The Kier molecular flexibility index (Phi) is 5.75. The van der Waals surface area contributed by atoms with Crippen LogP contribution in [-0.4, -0.2) is 76.7 Å². The van der Waals surface area contributed by atoms with Crippen molar-refractivity contribution < 1.29 is 23.6 Å². The Hall–Kier alpha value is -3.62. The summed E-state index contributed by atoms with van der Waals surface area (Å²) in [5.74, 6) is -0.671. The molecule has 0 radical (unpaired) electrons.